The van der Waals surface area contributed by atoms with Crippen LogP contribution >= 0.6 is 0 Å². The number of ether oxygens (including phenoxy) is 4. The summed E-state index contributed by atoms with van der Waals surface area (Å²) in [6, 6.07) is 1.26. The molecule has 0 aliphatic carbocycles. The van der Waals surface area contributed by atoms with Crippen molar-refractivity contribution in [1.29, 1.82) is 0 Å². The number of hydrogen-bond acceptors (Lipinski definition) is 7. The van der Waals surface area contributed by atoms with Gasteiger partial charge in [0.05, 0.1) is 31.3 Å². The van der Waals surface area contributed by atoms with Crippen LogP contribution in [0.4, 0.5) is 5.69 Å². The Labute approximate surface area is 153 Å². The predicted molar refractivity (Wildman–Crippen MR) is 97.0 cm³/mol. The van der Waals surface area contributed by atoms with Crippen molar-refractivity contribution in [3.63, 3.8) is 0 Å². The molecule has 0 aliphatic rings. The van der Waals surface area contributed by atoms with E-state index in [1.807, 2.05) is 6.92 Å². The van der Waals surface area contributed by atoms with Gasteiger partial charge in [-0.2, -0.15) is 0 Å². The van der Waals surface area contributed by atoms with Gasteiger partial charge in [-0.15, -0.1) is 6.58 Å². The van der Waals surface area contributed by atoms with Gasteiger partial charge in [-0.25, -0.2) is 0 Å². The molecular weight excluding hydrogens is 342 g/mol. The molecule has 8 nitrogen and oxygen atoms in total. The molecule has 146 valence electrons. The summed E-state index contributed by atoms with van der Waals surface area (Å²) in [7, 11) is 4.29. The Morgan fingerprint density at radius 3 is 2.46 bits per heavy atom. The molecule has 1 rings (SSSR count). The van der Waals surface area contributed by atoms with Crippen LogP contribution in [0.2, 0.25) is 0 Å². The molecule has 0 aromatic heterocycles. The van der Waals surface area contributed by atoms with Crippen molar-refractivity contribution in [3.05, 3.63) is 34.4 Å². The van der Waals surface area contributed by atoms with E-state index in [9.17, 15) is 15.2 Å². The number of rotatable bonds is 12. The standard InChI is InChI=1S/C18H27NO7/c1-6-7-13(20)8-12(2)9-14-17(24-4)15(19(21)22)10-16(18(14)25-5)26-11-23-3/h6,10,12-13,20H,1,7-9,11H2,2-5H3/t12-,13-/m0/s1. The number of benzene rings is 1. The number of aliphatic hydroxyl groups is 1. The molecule has 1 N–H and O–H groups in total. The number of nitrogens with zero attached hydrogens (tertiary/aromatic N) is 1. The lowest BCUT2D eigenvalue weighted by atomic mass is 9.92. The van der Waals surface area contributed by atoms with E-state index in [1.54, 1.807) is 6.08 Å². The van der Waals surface area contributed by atoms with Gasteiger partial charge in [-0.05, 0) is 25.2 Å². The Bertz CT molecular complexity index is 618. The van der Waals surface area contributed by atoms with Gasteiger partial charge >= 0.3 is 5.69 Å². The van der Waals surface area contributed by atoms with Crippen LogP contribution in [-0.2, 0) is 11.2 Å². The SMILES string of the molecule is C=CC[C@H](O)C[C@H](C)Cc1c(OC)c(OCOC)cc([N+](=O)[O-])c1OC. The molecular formula is C18H27NO7. The topological polar surface area (TPSA) is 100 Å². The van der Waals surface area contributed by atoms with Gasteiger partial charge < -0.3 is 24.1 Å². The normalized spacial score (nSPS) is 13.0. The molecule has 0 saturated carbocycles. The highest BCUT2D eigenvalue weighted by atomic mass is 16.7. The third-order valence-electron chi connectivity index (χ3n) is 3.88. The number of aliphatic hydroxyl groups excluding tert-OH is 1. The Hall–Kier alpha value is -2.32. The van der Waals surface area contributed by atoms with Crippen LogP contribution in [0.5, 0.6) is 17.2 Å². The van der Waals surface area contributed by atoms with Crippen molar-refractivity contribution < 1.29 is 29.0 Å². The molecule has 0 aliphatic heterocycles. The molecule has 0 bridgehead atoms. The summed E-state index contributed by atoms with van der Waals surface area (Å²) >= 11 is 0. The molecule has 1 aromatic carbocycles. The predicted octanol–water partition coefficient (Wildman–Crippen LogP) is 3.10. The van der Waals surface area contributed by atoms with Crippen molar-refractivity contribution in [2.24, 2.45) is 5.92 Å². The Morgan fingerprint density at radius 1 is 1.31 bits per heavy atom. The highest BCUT2D eigenvalue weighted by Crippen LogP contribution is 2.45. The largest absolute Gasteiger partial charge is 0.492 e. The summed E-state index contributed by atoms with van der Waals surface area (Å²) < 4.78 is 21.1. The number of methoxy groups -OCH3 is 3. The van der Waals surface area contributed by atoms with E-state index >= 15 is 0 Å². The molecule has 26 heavy (non-hydrogen) atoms. The number of nitro benzene ring substituents is 1. The Kier molecular flexibility index (Phi) is 8.87. The zero-order chi connectivity index (χ0) is 19.7. The number of nitro groups is 1. The molecule has 0 fully saturated rings. The summed E-state index contributed by atoms with van der Waals surface area (Å²) in [4.78, 5) is 10.9. The van der Waals surface area contributed by atoms with Gasteiger partial charge in [-0.1, -0.05) is 13.0 Å². The zero-order valence-electron chi connectivity index (χ0n) is 15.7. The van der Waals surface area contributed by atoms with E-state index in [0.29, 0.717) is 30.6 Å². The lowest BCUT2D eigenvalue weighted by Gasteiger charge is -2.21. The van der Waals surface area contributed by atoms with E-state index in [2.05, 4.69) is 6.58 Å². The van der Waals surface area contributed by atoms with Crippen molar-refractivity contribution in [2.75, 3.05) is 28.1 Å². The van der Waals surface area contributed by atoms with Crippen molar-refractivity contribution in [2.45, 2.75) is 32.3 Å². The van der Waals surface area contributed by atoms with Gasteiger partial charge in [0, 0.05) is 12.7 Å². The van der Waals surface area contributed by atoms with Gasteiger partial charge in [-0.3, -0.25) is 10.1 Å². The second-order valence-electron chi connectivity index (χ2n) is 5.97. The van der Waals surface area contributed by atoms with Crippen LogP contribution in [0.3, 0.4) is 0 Å². The molecule has 8 heteroatoms. The second-order valence-corrected chi connectivity index (χ2v) is 5.97. The smallest absolute Gasteiger partial charge is 0.315 e. The Balaban J connectivity index is 3.33. The molecule has 0 amide bonds. The maximum atomic E-state index is 11.5. The number of hydrogen-bond donors (Lipinski definition) is 1. The highest BCUT2D eigenvalue weighted by Gasteiger charge is 2.28. The summed E-state index contributed by atoms with van der Waals surface area (Å²) in [5.41, 5.74) is 0.307. The first-order chi connectivity index (χ1) is 12.4. The minimum absolute atomic E-state index is 0.0185. The third kappa shape index (κ3) is 5.60. The van der Waals surface area contributed by atoms with Crippen LogP contribution in [-0.4, -0.2) is 44.3 Å². The molecule has 0 saturated heterocycles. The first-order valence-electron chi connectivity index (χ1n) is 8.22. The summed E-state index contributed by atoms with van der Waals surface area (Å²) in [5.74, 6) is 0.706. The van der Waals surface area contributed by atoms with Crippen LogP contribution in [0.25, 0.3) is 0 Å². The van der Waals surface area contributed by atoms with E-state index in [0.717, 1.165) is 0 Å². The van der Waals surface area contributed by atoms with Crippen molar-refractivity contribution in [3.8, 4) is 17.2 Å². The van der Waals surface area contributed by atoms with E-state index in [-0.39, 0.29) is 29.9 Å². The maximum Gasteiger partial charge on any atom is 0.315 e. The lowest BCUT2D eigenvalue weighted by Crippen LogP contribution is -2.14. The fourth-order valence-corrected chi connectivity index (χ4v) is 2.85. The Morgan fingerprint density at radius 2 is 1.96 bits per heavy atom. The van der Waals surface area contributed by atoms with E-state index < -0.39 is 11.0 Å². The summed E-state index contributed by atoms with van der Waals surface area (Å²) in [6.07, 6.45) is 2.53. The molecule has 0 spiro atoms. The molecule has 0 unspecified atom stereocenters. The highest BCUT2D eigenvalue weighted by molar-refractivity contribution is 5.64. The average Bonchev–Trinajstić information content (AvgIpc) is 2.59. The zero-order valence-corrected chi connectivity index (χ0v) is 15.7. The first kappa shape index (κ1) is 21.7. The molecule has 2 atom stereocenters. The van der Waals surface area contributed by atoms with Gasteiger partial charge in [0.15, 0.2) is 18.3 Å². The minimum atomic E-state index is -0.529. The van der Waals surface area contributed by atoms with Crippen LogP contribution in [0.15, 0.2) is 18.7 Å². The van der Waals surface area contributed by atoms with Gasteiger partial charge in [0.25, 0.3) is 0 Å². The third-order valence-corrected chi connectivity index (χ3v) is 3.88. The fraction of sp³-hybridized carbons (Fsp3) is 0.556. The molecule has 0 heterocycles. The van der Waals surface area contributed by atoms with Crippen molar-refractivity contribution in [1.82, 2.24) is 0 Å². The quantitative estimate of drug-likeness (QED) is 0.261. The molecule has 1 aromatic rings. The van der Waals surface area contributed by atoms with E-state index in [4.69, 9.17) is 18.9 Å². The van der Waals surface area contributed by atoms with Crippen LogP contribution < -0.4 is 14.2 Å². The maximum absolute atomic E-state index is 11.5. The average molecular weight is 369 g/mol. The lowest BCUT2D eigenvalue weighted by molar-refractivity contribution is -0.385. The second kappa shape index (κ2) is 10.6. The van der Waals surface area contributed by atoms with Crippen LogP contribution in [0, 0.1) is 16.0 Å². The monoisotopic (exact) mass is 369 g/mol. The van der Waals surface area contributed by atoms with E-state index in [1.165, 1.54) is 27.4 Å². The van der Waals surface area contributed by atoms with Crippen LogP contribution in [0.1, 0.15) is 25.3 Å². The van der Waals surface area contributed by atoms with Crippen molar-refractivity contribution >= 4 is 5.69 Å². The fourth-order valence-electron chi connectivity index (χ4n) is 2.85. The minimum Gasteiger partial charge on any atom is -0.492 e. The summed E-state index contributed by atoms with van der Waals surface area (Å²) in [6.45, 7) is 5.48. The van der Waals surface area contributed by atoms with Gasteiger partial charge in [0.1, 0.15) is 0 Å². The summed E-state index contributed by atoms with van der Waals surface area (Å²) in [5, 5.41) is 21.4. The van der Waals surface area contributed by atoms with Gasteiger partial charge in [0.2, 0.25) is 5.75 Å². The molecule has 0 radical (unpaired) electrons. The first-order valence-corrected chi connectivity index (χ1v) is 8.22.